The van der Waals surface area contributed by atoms with Gasteiger partial charge in [-0.2, -0.15) is 0 Å². The summed E-state index contributed by atoms with van der Waals surface area (Å²) in [4.78, 5) is 14.9. The zero-order valence-electron chi connectivity index (χ0n) is 11.0. The normalized spacial score (nSPS) is 15.2. The molecule has 100 valence electrons. The Hall–Kier alpha value is -1.48. The van der Waals surface area contributed by atoms with Crippen LogP contribution in [0.25, 0.3) is 10.9 Å². The quantitative estimate of drug-likeness (QED) is 0.926. The topological polar surface area (TPSA) is 42.1 Å². The summed E-state index contributed by atoms with van der Waals surface area (Å²) in [5.41, 5.74) is 1.51. The van der Waals surface area contributed by atoms with Crippen molar-refractivity contribution in [2.75, 3.05) is 0 Å². The van der Waals surface area contributed by atoms with Crippen LogP contribution < -0.4 is 10.3 Å². The van der Waals surface area contributed by atoms with E-state index in [0.717, 1.165) is 29.3 Å². The van der Waals surface area contributed by atoms with Gasteiger partial charge >= 0.3 is 0 Å². The molecule has 0 aliphatic heterocycles. The van der Waals surface area contributed by atoms with Crippen molar-refractivity contribution in [1.29, 1.82) is 0 Å². The first-order valence-corrected chi connectivity index (χ1v) is 6.95. The molecule has 2 aromatic rings. The van der Waals surface area contributed by atoms with E-state index in [4.69, 9.17) is 16.3 Å². The van der Waals surface area contributed by atoms with E-state index in [1.54, 1.807) is 0 Å². The van der Waals surface area contributed by atoms with Gasteiger partial charge in [0.25, 0.3) is 5.56 Å². The van der Waals surface area contributed by atoms with E-state index in [-0.39, 0.29) is 17.6 Å². The zero-order chi connectivity index (χ0) is 13.6. The van der Waals surface area contributed by atoms with E-state index in [0.29, 0.717) is 10.8 Å². The van der Waals surface area contributed by atoms with Gasteiger partial charge in [0, 0.05) is 17.0 Å². The maximum absolute atomic E-state index is 12.0. The molecule has 0 spiro atoms. The summed E-state index contributed by atoms with van der Waals surface area (Å²) in [6, 6.07) is 5.59. The number of H-pyrrole nitrogens is 1. The molecule has 3 rings (SSSR count). The van der Waals surface area contributed by atoms with E-state index in [1.165, 1.54) is 0 Å². The molecule has 0 radical (unpaired) electrons. The Balaban J connectivity index is 2.12. The number of ether oxygens (including phenoxy) is 1. The number of halogens is 1. The number of rotatable bonds is 3. The maximum atomic E-state index is 12.0. The number of nitrogens with one attached hydrogen (secondary N) is 1. The molecule has 1 saturated carbocycles. The fourth-order valence-corrected chi connectivity index (χ4v) is 2.33. The Morgan fingerprint density at radius 2 is 2.05 bits per heavy atom. The number of pyridine rings is 1. The summed E-state index contributed by atoms with van der Waals surface area (Å²) < 4.78 is 5.73. The number of benzene rings is 1. The molecule has 1 fully saturated rings. The van der Waals surface area contributed by atoms with Crippen LogP contribution in [0.4, 0.5) is 0 Å². The SMILES string of the molecule is CC(C)c1cc2cc(Cl)c(OC3CC3)cc2[nH]c1=O. The Bertz CT molecular complexity index is 686. The third kappa shape index (κ3) is 2.47. The van der Waals surface area contributed by atoms with Crippen molar-refractivity contribution in [3.63, 3.8) is 0 Å². The van der Waals surface area contributed by atoms with Crippen molar-refractivity contribution >= 4 is 22.5 Å². The van der Waals surface area contributed by atoms with Crippen LogP contribution in [-0.4, -0.2) is 11.1 Å². The second kappa shape index (κ2) is 4.57. The number of hydrogen-bond donors (Lipinski definition) is 1. The summed E-state index contributed by atoms with van der Waals surface area (Å²) in [5.74, 6) is 0.846. The summed E-state index contributed by atoms with van der Waals surface area (Å²) >= 11 is 6.23. The summed E-state index contributed by atoms with van der Waals surface area (Å²) in [6.07, 6.45) is 2.45. The van der Waals surface area contributed by atoms with Gasteiger partial charge in [0.2, 0.25) is 0 Å². The van der Waals surface area contributed by atoms with Crippen molar-refractivity contribution in [1.82, 2.24) is 4.98 Å². The van der Waals surface area contributed by atoms with Crippen LogP contribution in [0.1, 0.15) is 38.2 Å². The maximum Gasteiger partial charge on any atom is 0.251 e. The predicted molar refractivity (Wildman–Crippen MR) is 77.3 cm³/mol. The van der Waals surface area contributed by atoms with E-state index < -0.39 is 0 Å². The number of hydrogen-bond acceptors (Lipinski definition) is 2. The van der Waals surface area contributed by atoms with Crippen LogP contribution in [0.5, 0.6) is 5.75 Å². The molecule has 1 aliphatic carbocycles. The summed E-state index contributed by atoms with van der Waals surface area (Å²) in [7, 11) is 0. The minimum Gasteiger partial charge on any atom is -0.489 e. The Morgan fingerprint density at radius 1 is 1.32 bits per heavy atom. The number of fused-ring (bicyclic) bond motifs is 1. The van der Waals surface area contributed by atoms with E-state index in [2.05, 4.69) is 4.98 Å². The first kappa shape index (κ1) is 12.5. The summed E-state index contributed by atoms with van der Waals surface area (Å²) in [6.45, 7) is 4.01. The summed E-state index contributed by atoms with van der Waals surface area (Å²) in [5, 5.41) is 1.54. The molecule has 3 nitrogen and oxygen atoms in total. The Morgan fingerprint density at radius 3 is 2.68 bits per heavy atom. The van der Waals surface area contributed by atoms with Gasteiger partial charge in [0.1, 0.15) is 5.75 Å². The second-order valence-corrected chi connectivity index (χ2v) is 5.80. The van der Waals surface area contributed by atoms with E-state index in [9.17, 15) is 4.79 Å². The minimum atomic E-state index is -0.0396. The highest BCUT2D eigenvalue weighted by Crippen LogP contribution is 2.34. The van der Waals surface area contributed by atoms with E-state index in [1.807, 2.05) is 32.0 Å². The van der Waals surface area contributed by atoms with Gasteiger partial charge < -0.3 is 9.72 Å². The molecule has 0 amide bonds. The molecule has 0 saturated heterocycles. The molecular weight excluding hydrogens is 262 g/mol. The highest BCUT2D eigenvalue weighted by molar-refractivity contribution is 6.32. The van der Waals surface area contributed by atoms with Gasteiger partial charge in [-0.3, -0.25) is 4.79 Å². The largest absolute Gasteiger partial charge is 0.489 e. The molecule has 1 N–H and O–H groups in total. The standard InChI is InChI=1S/C15H16ClNO2/c1-8(2)11-5-9-6-12(16)14(19-10-3-4-10)7-13(9)17-15(11)18/h5-8,10H,3-4H2,1-2H3,(H,17,18). The molecule has 0 bridgehead atoms. The van der Waals surface area contributed by atoms with Crippen LogP contribution in [0.3, 0.4) is 0 Å². The van der Waals surface area contributed by atoms with Gasteiger partial charge in [-0.05, 0) is 30.9 Å². The molecule has 1 aliphatic rings. The second-order valence-electron chi connectivity index (χ2n) is 5.40. The molecule has 4 heteroatoms. The third-order valence-corrected chi connectivity index (χ3v) is 3.66. The minimum absolute atomic E-state index is 0.0396. The Labute approximate surface area is 116 Å². The van der Waals surface area contributed by atoms with Crippen molar-refractivity contribution in [3.8, 4) is 5.75 Å². The first-order valence-electron chi connectivity index (χ1n) is 6.57. The lowest BCUT2D eigenvalue weighted by atomic mass is 10.0. The fraction of sp³-hybridized carbons (Fsp3) is 0.400. The molecule has 0 unspecified atom stereocenters. The lowest BCUT2D eigenvalue weighted by Crippen LogP contribution is -2.13. The molecule has 0 atom stereocenters. The third-order valence-electron chi connectivity index (χ3n) is 3.37. The van der Waals surface area contributed by atoms with Crippen LogP contribution in [0, 0.1) is 0 Å². The van der Waals surface area contributed by atoms with Crippen molar-refractivity contribution < 1.29 is 4.74 Å². The van der Waals surface area contributed by atoms with Crippen molar-refractivity contribution in [2.45, 2.75) is 38.7 Å². The Kier molecular flexibility index (Phi) is 3.02. The first-order chi connectivity index (χ1) is 9.04. The molecule has 1 aromatic carbocycles. The van der Waals surface area contributed by atoms with Crippen LogP contribution in [0.15, 0.2) is 23.0 Å². The van der Waals surface area contributed by atoms with Crippen LogP contribution in [-0.2, 0) is 0 Å². The average Bonchev–Trinajstić information content (AvgIpc) is 3.14. The van der Waals surface area contributed by atoms with Crippen LogP contribution in [0.2, 0.25) is 5.02 Å². The van der Waals surface area contributed by atoms with Gasteiger partial charge in [-0.15, -0.1) is 0 Å². The molecule has 1 aromatic heterocycles. The van der Waals surface area contributed by atoms with Gasteiger partial charge in [0.05, 0.1) is 16.6 Å². The number of aromatic nitrogens is 1. The smallest absolute Gasteiger partial charge is 0.251 e. The predicted octanol–water partition coefficient (Wildman–Crippen LogP) is 3.85. The van der Waals surface area contributed by atoms with Gasteiger partial charge in [0.15, 0.2) is 0 Å². The van der Waals surface area contributed by atoms with Gasteiger partial charge in [-0.25, -0.2) is 0 Å². The highest BCUT2D eigenvalue weighted by atomic mass is 35.5. The number of aromatic amines is 1. The van der Waals surface area contributed by atoms with Crippen molar-refractivity contribution in [3.05, 3.63) is 39.1 Å². The lowest BCUT2D eigenvalue weighted by Gasteiger charge is -2.10. The molecular formula is C15H16ClNO2. The fourth-order valence-electron chi connectivity index (χ4n) is 2.11. The monoisotopic (exact) mass is 277 g/mol. The lowest BCUT2D eigenvalue weighted by molar-refractivity contribution is 0.304. The zero-order valence-corrected chi connectivity index (χ0v) is 11.8. The van der Waals surface area contributed by atoms with Gasteiger partial charge in [-0.1, -0.05) is 25.4 Å². The van der Waals surface area contributed by atoms with Crippen LogP contribution >= 0.6 is 11.6 Å². The average molecular weight is 278 g/mol. The highest BCUT2D eigenvalue weighted by Gasteiger charge is 2.24. The van der Waals surface area contributed by atoms with E-state index >= 15 is 0 Å². The molecule has 19 heavy (non-hydrogen) atoms. The molecule has 1 heterocycles. The van der Waals surface area contributed by atoms with Crippen molar-refractivity contribution in [2.24, 2.45) is 0 Å².